The van der Waals surface area contributed by atoms with Crippen LogP contribution >= 0.6 is 0 Å². The van der Waals surface area contributed by atoms with Gasteiger partial charge < -0.3 is 9.64 Å². The summed E-state index contributed by atoms with van der Waals surface area (Å²) in [5, 5.41) is 8.31. The summed E-state index contributed by atoms with van der Waals surface area (Å²) in [6, 6.07) is 4.04. The van der Waals surface area contributed by atoms with Gasteiger partial charge in [-0.25, -0.2) is 0 Å². The zero-order valence-electron chi connectivity index (χ0n) is 15.5. The summed E-state index contributed by atoms with van der Waals surface area (Å²) in [5.74, 6) is -0.0406. The predicted octanol–water partition coefficient (Wildman–Crippen LogP) is 1.37. The third-order valence-corrected chi connectivity index (χ3v) is 5.34. The predicted molar refractivity (Wildman–Crippen MR) is 99.1 cm³/mol. The fourth-order valence-corrected chi connectivity index (χ4v) is 3.82. The number of carbonyl (C=O) groups is 1. The molecule has 0 aliphatic carbocycles. The molecule has 2 aromatic heterocycles. The van der Waals surface area contributed by atoms with Crippen molar-refractivity contribution >= 4 is 5.91 Å². The Hall–Kier alpha value is -2.32. The summed E-state index contributed by atoms with van der Waals surface area (Å²) < 4.78 is 7.14. The SMILES string of the molecule is O=C(c1cn(CCN2CCOCC2)nn1)N1CCCCC1c1cccnc1. The van der Waals surface area contributed by atoms with E-state index in [1.807, 2.05) is 23.2 Å². The zero-order chi connectivity index (χ0) is 18.5. The van der Waals surface area contributed by atoms with Crippen LogP contribution in [0.25, 0.3) is 0 Å². The van der Waals surface area contributed by atoms with Gasteiger partial charge in [0.1, 0.15) is 0 Å². The number of likely N-dealkylation sites (tertiary alicyclic amines) is 1. The lowest BCUT2D eigenvalue weighted by atomic mass is 9.96. The minimum atomic E-state index is -0.0406. The van der Waals surface area contributed by atoms with Gasteiger partial charge in [0.05, 0.1) is 32.0 Å². The molecular weight excluding hydrogens is 344 g/mol. The molecule has 2 aromatic rings. The molecule has 2 saturated heterocycles. The highest BCUT2D eigenvalue weighted by atomic mass is 16.5. The second-order valence-electron chi connectivity index (χ2n) is 7.12. The maximum absolute atomic E-state index is 13.1. The van der Waals surface area contributed by atoms with Crippen molar-refractivity contribution in [2.45, 2.75) is 31.8 Å². The topological polar surface area (TPSA) is 76.4 Å². The molecule has 4 rings (SSSR count). The van der Waals surface area contributed by atoms with Gasteiger partial charge in [-0.15, -0.1) is 5.10 Å². The highest BCUT2D eigenvalue weighted by Crippen LogP contribution is 2.31. The Labute approximate surface area is 159 Å². The van der Waals surface area contributed by atoms with Crippen LogP contribution in [0, 0.1) is 0 Å². The van der Waals surface area contributed by atoms with Crippen molar-refractivity contribution in [2.24, 2.45) is 0 Å². The maximum atomic E-state index is 13.1. The van der Waals surface area contributed by atoms with Crippen LogP contribution in [0.15, 0.2) is 30.7 Å². The molecule has 2 aliphatic heterocycles. The summed E-state index contributed by atoms with van der Waals surface area (Å²) in [5.41, 5.74) is 1.51. The number of rotatable bonds is 5. The largest absolute Gasteiger partial charge is 0.379 e. The van der Waals surface area contributed by atoms with E-state index >= 15 is 0 Å². The molecular formula is C19H26N6O2. The molecule has 2 aliphatic rings. The van der Waals surface area contributed by atoms with Crippen molar-refractivity contribution in [3.8, 4) is 0 Å². The summed E-state index contributed by atoms with van der Waals surface area (Å²) in [6.07, 6.45) is 8.50. The third-order valence-electron chi connectivity index (χ3n) is 5.34. The van der Waals surface area contributed by atoms with Crippen molar-refractivity contribution in [1.29, 1.82) is 0 Å². The monoisotopic (exact) mass is 370 g/mol. The summed E-state index contributed by atoms with van der Waals surface area (Å²) in [7, 11) is 0. The van der Waals surface area contributed by atoms with Crippen LogP contribution in [0.4, 0.5) is 0 Å². The number of piperidine rings is 1. The van der Waals surface area contributed by atoms with Crippen LogP contribution in [0.5, 0.6) is 0 Å². The van der Waals surface area contributed by atoms with Crippen LogP contribution in [0.2, 0.25) is 0 Å². The Morgan fingerprint density at radius 1 is 1.19 bits per heavy atom. The smallest absolute Gasteiger partial charge is 0.276 e. The number of ether oxygens (including phenoxy) is 1. The number of nitrogens with zero attached hydrogens (tertiary/aromatic N) is 6. The number of carbonyl (C=O) groups excluding carboxylic acids is 1. The summed E-state index contributed by atoms with van der Waals surface area (Å²) in [6.45, 7) is 5.83. The van der Waals surface area contributed by atoms with Gasteiger partial charge in [0.2, 0.25) is 0 Å². The molecule has 4 heterocycles. The molecule has 0 aromatic carbocycles. The molecule has 0 saturated carbocycles. The Bertz CT molecular complexity index is 744. The Balaban J connectivity index is 1.41. The van der Waals surface area contributed by atoms with E-state index in [9.17, 15) is 4.79 Å². The average Bonchev–Trinajstić information content (AvgIpc) is 3.22. The number of amides is 1. The van der Waals surface area contributed by atoms with E-state index in [0.717, 1.165) is 70.8 Å². The Kier molecular flexibility index (Phi) is 5.74. The first-order valence-electron chi connectivity index (χ1n) is 9.72. The van der Waals surface area contributed by atoms with E-state index in [4.69, 9.17) is 4.74 Å². The molecule has 1 unspecified atom stereocenters. The fraction of sp³-hybridized carbons (Fsp3) is 0.579. The molecule has 0 radical (unpaired) electrons. The minimum absolute atomic E-state index is 0.0406. The summed E-state index contributed by atoms with van der Waals surface area (Å²) >= 11 is 0. The van der Waals surface area contributed by atoms with E-state index in [0.29, 0.717) is 5.69 Å². The fourth-order valence-electron chi connectivity index (χ4n) is 3.82. The average molecular weight is 370 g/mol. The van der Waals surface area contributed by atoms with Crippen LogP contribution in [0.1, 0.15) is 41.4 Å². The molecule has 8 heteroatoms. The van der Waals surface area contributed by atoms with Crippen LogP contribution in [-0.2, 0) is 11.3 Å². The van der Waals surface area contributed by atoms with E-state index in [1.165, 1.54) is 0 Å². The van der Waals surface area contributed by atoms with Crippen molar-refractivity contribution in [3.05, 3.63) is 42.0 Å². The number of pyridine rings is 1. The minimum Gasteiger partial charge on any atom is -0.379 e. The normalized spacial score (nSPS) is 21.3. The van der Waals surface area contributed by atoms with E-state index in [1.54, 1.807) is 17.1 Å². The molecule has 1 atom stereocenters. The van der Waals surface area contributed by atoms with Gasteiger partial charge in [0.25, 0.3) is 5.91 Å². The molecule has 27 heavy (non-hydrogen) atoms. The standard InChI is InChI=1S/C19H26N6O2/c26-19(25-7-2-1-5-18(25)16-4-3-6-20-14-16)17-15-24(22-21-17)9-8-23-10-12-27-13-11-23/h3-4,6,14-15,18H,1-2,5,7-13H2. The molecule has 144 valence electrons. The first kappa shape index (κ1) is 18.1. The van der Waals surface area contributed by atoms with E-state index in [-0.39, 0.29) is 11.9 Å². The molecule has 8 nitrogen and oxygen atoms in total. The van der Waals surface area contributed by atoms with Crippen LogP contribution < -0.4 is 0 Å². The lowest BCUT2D eigenvalue weighted by molar-refractivity contribution is 0.0359. The van der Waals surface area contributed by atoms with Crippen molar-refractivity contribution < 1.29 is 9.53 Å². The van der Waals surface area contributed by atoms with Gasteiger partial charge in [-0.1, -0.05) is 11.3 Å². The van der Waals surface area contributed by atoms with Gasteiger partial charge in [-0.2, -0.15) is 0 Å². The zero-order valence-corrected chi connectivity index (χ0v) is 15.5. The molecule has 0 bridgehead atoms. The third kappa shape index (κ3) is 4.33. The van der Waals surface area contributed by atoms with Crippen molar-refractivity contribution in [2.75, 3.05) is 39.4 Å². The van der Waals surface area contributed by atoms with Crippen molar-refractivity contribution in [1.82, 2.24) is 29.8 Å². The van der Waals surface area contributed by atoms with Crippen molar-refractivity contribution in [3.63, 3.8) is 0 Å². The first-order chi connectivity index (χ1) is 13.3. The van der Waals surface area contributed by atoms with Crippen LogP contribution in [-0.4, -0.2) is 75.1 Å². The number of aromatic nitrogens is 4. The van der Waals surface area contributed by atoms with Gasteiger partial charge in [0, 0.05) is 38.6 Å². The second-order valence-corrected chi connectivity index (χ2v) is 7.12. The van der Waals surface area contributed by atoms with Gasteiger partial charge in [-0.3, -0.25) is 19.4 Å². The van der Waals surface area contributed by atoms with Crippen LogP contribution in [0.3, 0.4) is 0 Å². The maximum Gasteiger partial charge on any atom is 0.276 e. The Morgan fingerprint density at radius 3 is 2.89 bits per heavy atom. The van der Waals surface area contributed by atoms with Gasteiger partial charge in [-0.05, 0) is 30.9 Å². The number of hydrogen-bond acceptors (Lipinski definition) is 6. The van der Waals surface area contributed by atoms with Gasteiger partial charge in [0.15, 0.2) is 5.69 Å². The lowest BCUT2D eigenvalue weighted by Gasteiger charge is -2.35. The summed E-state index contributed by atoms with van der Waals surface area (Å²) in [4.78, 5) is 21.6. The van der Waals surface area contributed by atoms with E-state index < -0.39 is 0 Å². The first-order valence-corrected chi connectivity index (χ1v) is 9.72. The molecule has 0 N–H and O–H groups in total. The van der Waals surface area contributed by atoms with Gasteiger partial charge >= 0.3 is 0 Å². The molecule has 2 fully saturated rings. The number of hydrogen-bond donors (Lipinski definition) is 0. The highest BCUT2D eigenvalue weighted by molar-refractivity contribution is 5.92. The highest BCUT2D eigenvalue weighted by Gasteiger charge is 2.30. The number of morpholine rings is 1. The second kappa shape index (κ2) is 8.58. The quantitative estimate of drug-likeness (QED) is 0.791. The molecule has 0 spiro atoms. The molecule has 1 amide bonds. The Morgan fingerprint density at radius 2 is 2.07 bits per heavy atom. The lowest BCUT2D eigenvalue weighted by Crippen LogP contribution is -2.38. The van der Waals surface area contributed by atoms with E-state index in [2.05, 4.69) is 20.2 Å².